The summed E-state index contributed by atoms with van der Waals surface area (Å²) >= 11 is 0. The number of nitrogen functional groups attached to an aromatic ring is 1. The Morgan fingerprint density at radius 2 is 2.19 bits per heavy atom. The maximum absolute atomic E-state index is 9.62. The summed E-state index contributed by atoms with van der Waals surface area (Å²) in [6.07, 6.45) is 4.50. The van der Waals surface area contributed by atoms with Gasteiger partial charge < -0.3 is 20.5 Å². The number of ether oxygens (including phenoxy) is 1. The van der Waals surface area contributed by atoms with Crippen molar-refractivity contribution in [1.29, 1.82) is 0 Å². The molecule has 1 saturated heterocycles. The standard InChI is InChI=1S/C16H27N3O2/c1-12(2)11-21-16-14(17)7-8-15(18-16)19-9-5-3-4-6-13(19)10-20/h7-8,12-13,20H,3-6,9-11,17H2,1-2H3. The first-order chi connectivity index (χ1) is 10.1. The normalized spacial score (nSPS) is 19.6. The van der Waals surface area contributed by atoms with Crippen LogP contribution in [0.1, 0.15) is 39.5 Å². The van der Waals surface area contributed by atoms with Crippen LogP contribution in [0.25, 0.3) is 0 Å². The third kappa shape index (κ3) is 4.24. The minimum absolute atomic E-state index is 0.140. The zero-order chi connectivity index (χ0) is 15.2. The fraction of sp³-hybridized carbons (Fsp3) is 0.688. The van der Waals surface area contributed by atoms with Crippen LogP contribution in [0.15, 0.2) is 12.1 Å². The molecule has 0 aliphatic carbocycles. The highest BCUT2D eigenvalue weighted by Crippen LogP contribution is 2.27. The summed E-state index contributed by atoms with van der Waals surface area (Å²) in [5.41, 5.74) is 6.51. The van der Waals surface area contributed by atoms with Crippen molar-refractivity contribution in [1.82, 2.24) is 4.98 Å². The van der Waals surface area contributed by atoms with Gasteiger partial charge in [-0.2, -0.15) is 4.98 Å². The Hall–Kier alpha value is -1.49. The van der Waals surface area contributed by atoms with Crippen molar-refractivity contribution in [2.45, 2.75) is 45.6 Å². The molecule has 1 aliphatic rings. The Balaban J connectivity index is 2.19. The van der Waals surface area contributed by atoms with Crippen molar-refractivity contribution in [3.8, 4) is 5.88 Å². The lowest BCUT2D eigenvalue weighted by Crippen LogP contribution is -2.38. The van der Waals surface area contributed by atoms with Crippen LogP contribution in [0, 0.1) is 5.92 Å². The second-order valence-electron chi connectivity index (χ2n) is 6.15. The third-order valence-electron chi connectivity index (χ3n) is 3.81. The highest BCUT2D eigenvalue weighted by molar-refractivity contribution is 5.55. The van der Waals surface area contributed by atoms with Crippen LogP contribution in [-0.4, -0.2) is 35.9 Å². The van der Waals surface area contributed by atoms with Gasteiger partial charge >= 0.3 is 0 Å². The van der Waals surface area contributed by atoms with E-state index in [4.69, 9.17) is 10.5 Å². The van der Waals surface area contributed by atoms with Gasteiger partial charge in [0.05, 0.1) is 24.9 Å². The SMILES string of the molecule is CC(C)COc1nc(N2CCCCCC2CO)ccc1N. The maximum atomic E-state index is 9.62. The van der Waals surface area contributed by atoms with E-state index in [1.165, 1.54) is 6.42 Å². The van der Waals surface area contributed by atoms with E-state index < -0.39 is 0 Å². The van der Waals surface area contributed by atoms with Gasteiger partial charge in [0.15, 0.2) is 0 Å². The number of hydrogen-bond donors (Lipinski definition) is 2. The minimum atomic E-state index is 0.140. The van der Waals surface area contributed by atoms with E-state index in [-0.39, 0.29) is 12.6 Å². The quantitative estimate of drug-likeness (QED) is 0.872. The van der Waals surface area contributed by atoms with Crippen LogP contribution in [0.2, 0.25) is 0 Å². The number of pyridine rings is 1. The molecule has 2 rings (SSSR count). The van der Waals surface area contributed by atoms with Gasteiger partial charge in [0.25, 0.3) is 0 Å². The number of nitrogens with zero attached hydrogens (tertiary/aromatic N) is 2. The molecular weight excluding hydrogens is 266 g/mol. The molecule has 5 heteroatoms. The van der Waals surface area contributed by atoms with Gasteiger partial charge in [-0.25, -0.2) is 0 Å². The molecule has 1 aromatic rings. The van der Waals surface area contributed by atoms with Gasteiger partial charge in [0.2, 0.25) is 5.88 Å². The molecule has 21 heavy (non-hydrogen) atoms. The summed E-state index contributed by atoms with van der Waals surface area (Å²) in [5, 5.41) is 9.62. The number of aliphatic hydroxyl groups excluding tert-OH is 1. The van der Waals surface area contributed by atoms with Crippen molar-refractivity contribution < 1.29 is 9.84 Å². The molecule has 0 radical (unpaired) electrons. The first-order valence-electron chi connectivity index (χ1n) is 7.88. The van der Waals surface area contributed by atoms with E-state index in [9.17, 15) is 5.11 Å². The molecule has 1 unspecified atom stereocenters. The molecule has 0 spiro atoms. The number of rotatable bonds is 5. The number of anilines is 2. The molecule has 2 heterocycles. The summed E-state index contributed by atoms with van der Waals surface area (Å²) < 4.78 is 5.70. The maximum Gasteiger partial charge on any atom is 0.239 e. The Labute approximate surface area is 127 Å². The summed E-state index contributed by atoms with van der Waals surface area (Å²) in [4.78, 5) is 6.76. The molecule has 0 bridgehead atoms. The monoisotopic (exact) mass is 293 g/mol. The lowest BCUT2D eigenvalue weighted by Gasteiger charge is -2.30. The highest BCUT2D eigenvalue weighted by Gasteiger charge is 2.22. The van der Waals surface area contributed by atoms with Crippen LogP contribution >= 0.6 is 0 Å². The first-order valence-corrected chi connectivity index (χ1v) is 7.88. The van der Waals surface area contributed by atoms with Crippen LogP contribution in [0.5, 0.6) is 5.88 Å². The zero-order valence-corrected chi connectivity index (χ0v) is 13.1. The van der Waals surface area contributed by atoms with Crippen LogP contribution in [-0.2, 0) is 0 Å². The van der Waals surface area contributed by atoms with Gasteiger partial charge in [0, 0.05) is 6.54 Å². The molecule has 0 saturated carbocycles. The summed E-state index contributed by atoms with van der Waals surface area (Å²) in [6, 6.07) is 3.91. The predicted octanol–water partition coefficient (Wildman–Crippen LogP) is 2.44. The molecule has 1 aliphatic heterocycles. The summed E-state index contributed by atoms with van der Waals surface area (Å²) in [5.74, 6) is 1.78. The number of aromatic nitrogens is 1. The van der Waals surface area contributed by atoms with Crippen LogP contribution in [0.4, 0.5) is 11.5 Å². The fourth-order valence-corrected chi connectivity index (χ4v) is 2.63. The minimum Gasteiger partial charge on any atom is -0.476 e. The van der Waals surface area contributed by atoms with Crippen molar-refractivity contribution in [3.63, 3.8) is 0 Å². The van der Waals surface area contributed by atoms with Crippen molar-refractivity contribution in [2.24, 2.45) is 5.92 Å². The molecular formula is C16H27N3O2. The second kappa shape index (κ2) is 7.50. The van der Waals surface area contributed by atoms with Gasteiger partial charge in [-0.3, -0.25) is 0 Å². The fourth-order valence-electron chi connectivity index (χ4n) is 2.63. The summed E-state index contributed by atoms with van der Waals surface area (Å²) in [6.45, 7) is 5.87. The second-order valence-corrected chi connectivity index (χ2v) is 6.15. The van der Waals surface area contributed by atoms with Gasteiger partial charge in [-0.1, -0.05) is 26.7 Å². The Bertz CT molecular complexity index is 451. The molecule has 1 aromatic heterocycles. The lowest BCUT2D eigenvalue weighted by molar-refractivity contribution is 0.252. The highest BCUT2D eigenvalue weighted by atomic mass is 16.5. The average molecular weight is 293 g/mol. The number of hydrogen-bond acceptors (Lipinski definition) is 5. The lowest BCUT2D eigenvalue weighted by atomic mass is 10.1. The molecule has 1 atom stereocenters. The van der Waals surface area contributed by atoms with E-state index in [1.54, 1.807) is 0 Å². The molecule has 0 amide bonds. The van der Waals surface area contributed by atoms with Crippen molar-refractivity contribution in [3.05, 3.63) is 12.1 Å². The van der Waals surface area contributed by atoms with Gasteiger partial charge in [-0.05, 0) is 30.9 Å². The van der Waals surface area contributed by atoms with E-state index in [1.807, 2.05) is 12.1 Å². The van der Waals surface area contributed by atoms with E-state index in [2.05, 4.69) is 23.7 Å². The smallest absolute Gasteiger partial charge is 0.239 e. The Morgan fingerprint density at radius 1 is 1.38 bits per heavy atom. The number of aliphatic hydroxyl groups is 1. The van der Waals surface area contributed by atoms with Gasteiger partial charge in [-0.15, -0.1) is 0 Å². The molecule has 0 aromatic carbocycles. The topological polar surface area (TPSA) is 71.6 Å². The van der Waals surface area contributed by atoms with Crippen LogP contribution < -0.4 is 15.4 Å². The van der Waals surface area contributed by atoms with Gasteiger partial charge in [0.1, 0.15) is 5.82 Å². The average Bonchev–Trinajstić information content (AvgIpc) is 2.71. The zero-order valence-electron chi connectivity index (χ0n) is 13.1. The molecule has 1 fully saturated rings. The largest absolute Gasteiger partial charge is 0.476 e. The predicted molar refractivity (Wildman–Crippen MR) is 85.7 cm³/mol. The molecule has 3 N–H and O–H groups in total. The van der Waals surface area contributed by atoms with E-state index >= 15 is 0 Å². The van der Waals surface area contributed by atoms with Crippen LogP contribution in [0.3, 0.4) is 0 Å². The van der Waals surface area contributed by atoms with E-state index in [0.717, 1.165) is 31.6 Å². The third-order valence-corrected chi connectivity index (χ3v) is 3.81. The molecule has 118 valence electrons. The first kappa shape index (κ1) is 15.9. The van der Waals surface area contributed by atoms with Crippen molar-refractivity contribution in [2.75, 3.05) is 30.4 Å². The summed E-state index contributed by atoms with van der Waals surface area (Å²) in [7, 11) is 0. The molecule has 5 nitrogen and oxygen atoms in total. The van der Waals surface area contributed by atoms with E-state index in [0.29, 0.717) is 24.1 Å². The number of nitrogens with two attached hydrogens (primary N) is 1. The Morgan fingerprint density at radius 3 is 2.90 bits per heavy atom. The Kier molecular flexibility index (Phi) is 5.67. The van der Waals surface area contributed by atoms with Crippen molar-refractivity contribution >= 4 is 11.5 Å².